The van der Waals surface area contributed by atoms with E-state index in [-0.39, 0.29) is 36.9 Å². The summed E-state index contributed by atoms with van der Waals surface area (Å²) in [5.74, 6) is 0.817. The minimum Gasteiger partial charge on any atom is -0.497 e. The fourth-order valence-corrected chi connectivity index (χ4v) is 10.2. The number of hydrogen-bond donors (Lipinski definition) is 0. The number of rotatable bonds is 21. The SMILES string of the molecule is COCO[C@@H](/C=C\[C@@H](OCOC)[C@H](C)OCc1ccc(OC)cc1)CCCCO[Si](c1ccccc1)(c1ccccc1)C(C)(C)C. The van der Waals surface area contributed by atoms with Gasteiger partial charge >= 0.3 is 0 Å². The molecule has 3 atom stereocenters. The van der Waals surface area contributed by atoms with Gasteiger partial charge in [0.15, 0.2) is 0 Å². The molecule has 46 heavy (non-hydrogen) atoms. The summed E-state index contributed by atoms with van der Waals surface area (Å²) in [6, 6.07) is 29.4. The second-order valence-corrected chi connectivity index (χ2v) is 16.7. The second kappa shape index (κ2) is 19.7. The van der Waals surface area contributed by atoms with Crippen LogP contribution in [0.4, 0.5) is 0 Å². The lowest BCUT2D eigenvalue weighted by atomic mass is 10.1. The van der Waals surface area contributed by atoms with E-state index in [1.165, 1.54) is 10.4 Å². The molecule has 0 radical (unpaired) electrons. The first-order chi connectivity index (χ1) is 22.2. The lowest BCUT2D eigenvalue weighted by molar-refractivity contribution is -0.109. The molecular weight excluding hydrogens is 596 g/mol. The minimum atomic E-state index is -2.55. The van der Waals surface area contributed by atoms with E-state index in [4.69, 9.17) is 32.8 Å². The van der Waals surface area contributed by atoms with Crippen LogP contribution < -0.4 is 15.1 Å². The molecule has 0 saturated carbocycles. The van der Waals surface area contributed by atoms with E-state index in [2.05, 4.69) is 87.5 Å². The fraction of sp³-hybridized carbons (Fsp3) is 0.474. The van der Waals surface area contributed by atoms with Gasteiger partial charge in [-0.1, -0.05) is 106 Å². The van der Waals surface area contributed by atoms with Crippen LogP contribution in [0.5, 0.6) is 5.75 Å². The Hall–Kier alpha value is -2.82. The summed E-state index contributed by atoms with van der Waals surface area (Å²) in [6.07, 6.45) is 6.06. The summed E-state index contributed by atoms with van der Waals surface area (Å²) in [4.78, 5) is 0. The highest BCUT2D eigenvalue weighted by Crippen LogP contribution is 2.37. The average molecular weight is 651 g/mol. The van der Waals surface area contributed by atoms with Crippen LogP contribution in [0.1, 0.15) is 52.5 Å². The normalized spacial score (nSPS) is 14.3. The van der Waals surface area contributed by atoms with E-state index in [0.717, 1.165) is 30.6 Å². The minimum absolute atomic E-state index is 0.0497. The first kappa shape index (κ1) is 37.6. The number of methoxy groups -OCH3 is 3. The average Bonchev–Trinajstić information content (AvgIpc) is 3.07. The molecule has 0 amide bonds. The summed E-state index contributed by atoms with van der Waals surface area (Å²) in [7, 11) is 2.36. The monoisotopic (exact) mass is 650 g/mol. The quantitative estimate of drug-likeness (QED) is 0.0539. The van der Waals surface area contributed by atoms with Crippen LogP contribution >= 0.6 is 0 Å². The molecule has 0 saturated heterocycles. The predicted molar refractivity (Wildman–Crippen MR) is 187 cm³/mol. The molecule has 0 aliphatic carbocycles. The number of unbranched alkanes of at least 4 members (excludes halogenated alkanes) is 1. The fourth-order valence-electron chi connectivity index (χ4n) is 5.60. The van der Waals surface area contributed by atoms with Crippen LogP contribution in [0.15, 0.2) is 97.1 Å². The van der Waals surface area contributed by atoms with Gasteiger partial charge in [0.05, 0.1) is 25.9 Å². The Morgan fingerprint density at radius 2 is 1.28 bits per heavy atom. The highest BCUT2D eigenvalue weighted by molar-refractivity contribution is 6.99. The molecule has 3 aromatic carbocycles. The van der Waals surface area contributed by atoms with Gasteiger partial charge in [0, 0.05) is 20.8 Å². The molecule has 7 nitrogen and oxygen atoms in total. The van der Waals surface area contributed by atoms with Gasteiger partial charge < -0.3 is 32.8 Å². The third-order valence-corrected chi connectivity index (χ3v) is 13.1. The zero-order valence-electron chi connectivity index (χ0n) is 28.8. The Morgan fingerprint density at radius 1 is 0.696 bits per heavy atom. The van der Waals surface area contributed by atoms with Crippen molar-refractivity contribution >= 4 is 18.7 Å². The first-order valence-electron chi connectivity index (χ1n) is 16.1. The molecule has 0 aliphatic heterocycles. The van der Waals surface area contributed by atoms with Gasteiger partial charge in [0.1, 0.15) is 25.4 Å². The Kier molecular flexibility index (Phi) is 16.2. The highest BCUT2D eigenvalue weighted by atomic mass is 28.4. The third-order valence-electron chi connectivity index (χ3n) is 8.05. The van der Waals surface area contributed by atoms with Crippen molar-refractivity contribution in [3.8, 4) is 5.75 Å². The lowest BCUT2D eigenvalue weighted by Crippen LogP contribution is -2.66. The maximum atomic E-state index is 7.08. The van der Waals surface area contributed by atoms with Gasteiger partial charge in [-0.05, 0) is 59.3 Å². The number of benzene rings is 3. The van der Waals surface area contributed by atoms with Gasteiger partial charge in [0.25, 0.3) is 8.32 Å². The molecule has 3 aromatic rings. The molecule has 0 bridgehead atoms. The van der Waals surface area contributed by atoms with Crippen molar-refractivity contribution in [1.29, 1.82) is 0 Å². The van der Waals surface area contributed by atoms with Crippen molar-refractivity contribution in [1.82, 2.24) is 0 Å². The summed E-state index contributed by atoms with van der Waals surface area (Å²) < 4.78 is 41.0. The second-order valence-electron chi connectivity index (χ2n) is 12.4. The van der Waals surface area contributed by atoms with Crippen LogP contribution in [0, 0.1) is 0 Å². The molecule has 252 valence electrons. The van der Waals surface area contributed by atoms with Crippen molar-refractivity contribution in [3.05, 3.63) is 103 Å². The predicted octanol–water partition coefficient (Wildman–Crippen LogP) is 6.88. The van der Waals surface area contributed by atoms with Crippen LogP contribution in [0.25, 0.3) is 0 Å². The van der Waals surface area contributed by atoms with E-state index in [1.807, 2.05) is 37.3 Å². The van der Waals surface area contributed by atoms with Gasteiger partial charge in [-0.3, -0.25) is 0 Å². The Bertz CT molecular complexity index is 1210. The molecule has 0 unspecified atom stereocenters. The first-order valence-corrected chi connectivity index (χ1v) is 18.0. The molecule has 0 heterocycles. The summed E-state index contributed by atoms with van der Waals surface area (Å²) in [5, 5.41) is 2.54. The van der Waals surface area contributed by atoms with Crippen molar-refractivity contribution in [2.24, 2.45) is 0 Å². The van der Waals surface area contributed by atoms with Gasteiger partial charge in [-0.15, -0.1) is 0 Å². The number of ether oxygens (including phenoxy) is 6. The molecule has 0 aromatic heterocycles. The Balaban J connectivity index is 1.64. The van der Waals surface area contributed by atoms with Crippen LogP contribution in [0.2, 0.25) is 5.04 Å². The summed E-state index contributed by atoms with van der Waals surface area (Å²) >= 11 is 0. The van der Waals surface area contributed by atoms with Crippen molar-refractivity contribution < 1.29 is 32.8 Å². The Labute approximate surface area is 277 Å². The highest BCUT2D eigenvalue weighted by Gasteiger charge is 2.49. The smallest absolute Gasteiger partial charge is 0.261 e. The van der Waals surface area contributed by atoms with E-state index in [9.17, 15) is 0 Å². The van der Waals surface area contributed by atoms with Gasteiger partial charge in [-0.2, -0.15) is 0 Å². The molecule has 8 heteroatoms. The zero-order valence-corrected chi connectivity index (χ0v) is 29.8. The zero-order chi connectivity index (χ0) is 33.3. The van der Waals surface area contributed by atoms with E-state index in [1.54, 1.807) is 21.3 Å². The van der Waals surface area contributed by atoms with Crippen LogP contribution in [-0.2, 0) is 34.7 Å². The molecule has 3 rings (SSSR count). The van der Waals surface area contributed by atoms with Crippen molar-refractivity contribution in [3.63, 3.8) is 0 Å². The molecule has 0 fully saturated rings. The van der Waals surface area contributed by atoms with Crippen molar-refractivity contribution in [2.75, 3.05) is 41.5 Å². The van der Waals surface area contributed by atoms with Crippen LogP contribution in [-0.4, -0.2) is 68.2 Å². The molecule has 0 N–H and O–H groups in total. The molecular formula is C38H54O7Si. The largest absolute Gasteiger partial charge is 0.497 e. The summed E-state index contributed by atoms with van der Waals surface area (Å²) in [6.45, 7) is 10.4. The standard InChI is InChI=1S/C38H54O7Si/c1-31(42-28-32-21-23-33(41-7)24-22-32)37(44-30-40-6)26-25-34(43-29-39-5)16-14-15-27-45-46(38(2,3)4,35-17-10-8-11-18-35)36-19-12-9-13-20-36/h8-13,17-26,31,34,37H,14-16,27-30H2,1-7H3/b26-25-/t31-,34+,37+/m0/s1. The van der Waals surface area contributed by atoms with Gasteiger partial charge in [0.2, 0.25) is 0 Å². The van der Waals surface area contributed by atoms with Crippen molar-refractivity contribution in [2.45, 2.75) is 76.9 Å². The van der Waals surface area contributed by atoms with E-state index < -0.39 is 8.32 Å². The topological polar surface area (TPSA) is 64.6 Å². The third kappa shape index (κ3) is 11.2. The van der Waals surface area contributed by atoms with E-state index in [0.29, 0.717) is 13.2 Å². The molecule has 0 aliphatic rings. The number of hydrogen-bond acceptors (Lipinski definition) is 7. The van der Waals surface area contributed by atoms with E-state index >= 15 is 0 Å². The van der Waals surface area contributed by atoms with Crippen LogP contribution in [0.3, 0.4) is 0 Å². The van der Waals surface area contributed by atoms with Gasteiger partial charge in [-0.25, -0.2) is 0 Å². The Morgan fingerprint density at radius 3 is 1.83 bits per heavy atom. The summed E-state index contributed by atoms with van der Waals surface area (Å²) in [5.41, 5.74) is 1.06. The maximum Gasteiger partial charge on any atom is 0.261 e. The lowest BCUT2D eigenvalue weighted by Gasteiger charge is -2.43. The molecule has 0 spiro atoms. The maximum absolute atomic E-state index is 7.08.